The number of nitrogens with zero attached hydrogens (tertiary/aromatic N) is 3. The third-order valence-corrected chi connectivity index (χ3v) is 7.18. The van der Waals surface area contributed by atoms with Crippen LogP contribution in [0, 0.1) is 5.82 Å². The highest BCUT2D eigenvalue weighted by molar-refractivity contribution is 7.22. The molecule has 6 rings (SSSR count). The summed E-state index contributed by atoms with van der Waals surface area (Å²) in [6, 6.07) is 28.4. The summed E-state index contributed by atoms with van der Waals surface area (Å²) in [7, 11) is 0. The highest BCUT2D eigenvalue weighted by atomic mass is 32.1. The average molecular weight is 534 g/mol. The minimum atomic E-state index is -0.442. The van der Waals surface area contributed by atoms with Gasteiger partial charge in [0.2, 0.25) is 10.6 Å². The smallest absolute Gasteiger partial charge is 0.280 e. The molecule has 6 nitrogen and oxygen atoms in total. The molecular weight excluding hydrogens is 513 g/mol. The first-order valence-corrected chi connectivity index (χ1v) is 12.9. The minimum Gasteiger partial charge on any atom is -0.463 e. The summed E-state index contributed by atoms with van der Waals surface area (Å²) in [5.74, 6) is -0.843. The van der Waals surface area contributed by atoms with Gasteiger partial charge in [0.25, 0.3) is 5.91 Å². The highest BCUT2D eigenvalue weighted by Gasteiger charge is 2.21. The molecule has 6 aromatic rings. The first-order valence-electron chi connectivity index (χ1n) is 12.1. The van der Waals surface area contributed by atoms with Gasteiger partial charge in [0.05, 0.1) is 27.4 Å². The van der Waals surface area contributed by atoms with E-state index in [0.717, 1.165) is 28.3 Å². The number of amides is 1. The van der Waals surface area contributed by atoms with Crippen LogP contribution in [0.15, 0.2) is 118 Å². The standard InChI is InChI=1S/C31H20FN3O3S/c32-24-14-15-26-28(17-24)39-31(34-26)35(33-18-23-19-38-27-9-5-4-8-25(27)29(23)36)30(37)22-12-10-21(11-13-22)16-20-6-2-1-3-7-20/h1-15,17-19H,16H2/b33-18+. The van der Waals surface area contributed by atoms with Crippen LogP contribution in [-0.4, -0.2) is 17.1 Å². The number of carbonyl (C=O) groups excluding carboxylic acids is 1. The third-order valence-electron chi connectivity index (χ3n) is 6.18. The van der Waals surface area contributed by atoms with Crippen molar-refractivity contribution in [2.45, 2.75) is 6.42 Å². The lowest BCUT2D eigenvalue weighted by Crippen LogP contribution is -2.26. The topological polar surface area (TPSA) is 75.8 Å². The molecule has 0 fully saturated rings. The van der Waals surface area contributed by atoms with Crippen molar-refractivity contribution >= 4 is 49.8 Å². The summed E-state index contributed by atoms with van der Waals surface area (Å²) in [6.07, 6.45) is 3.33. The number of hydrogen-bond donors (Lipinski definition) is 0. The van der Waals surface area contributed by atoms with E-state index in [1.165, 1.54) is 30.2 Å². The molecule has 0 saturated heterocycles. The van der Waals surface area contributed by atoms with Crippen molar-refractivity contribution in [1.82, 2.24) is 4.98 Å². The van der Waals surface area contributed by atoms with Crippen LogP contribution >= 0.6 is 11.3 Å². The van der Waals surface area contributed by atoms with E-state index in [2.05, 4.69) is 22.2 Å². The van der Waals surface area contributed by atoms with E-state index in [4.69, 9.17) is 4.42 Å². The lowest BCUT2D eigenvalue weighted by atomic mass is 10.0. The van der Waals surface area contributed by atoms with Gasteiger partial charge in [0, 0.05) is 5.56 Å². The average Bonchev–Trinajstić information content (AvgIpc) is 3.38. The van der Waals surface area contributed by atoms with Crippen LogP contribution < -0.4 is 10.4 Å². The van der Waals surface area contributed by atoms with Gasteiger partial charge in [0.1, 0.15) is 17.7 Å². The highest BCUT2D eigenvalue weighted by Crippen LogP contribution is 2.30. The minimum absolute atomic E-state index is 0.178. The predicted molar refractivity (Wildman–Crippen MR) is 152 cm³/mol. The molecule has 2 heterocycles. The molecule has 2 aromatic heterocycles. The van der Waals surface area contributed by atoms with Crippen molar-refractivity contribution < 1.29 is 13.6 Å². The summed E-state index contributed by atoms with van der Waals surface area (Å²) in [6.45, 7) is 0. The van der Waals surface area contributed by atoms with Crippen LogP contribution in [0.4, 0.5) is 9.52 Å². The van der Waals surface area contributed by atoms with Gasteiger partial charge >= 0.3 is 0 Å². The lowest BCUT2D eigenvalue weighted by molar-refractivity contribution is 0.0988. The molecule has 0 spiro atoms. The third kappa shape index (κ3) is 5.10. The van der Waals surface area contributed by atoms with Crippen LogP contribution in [-0.2, 0) is 6.42 Å². The molecule has 1 amide bonds. The van der Waals surface area contributed by atoms with Crippen molar-refractivity contribution in [1.29, 1.82) is 0 Å². The molecule has 0 saturated carbocycles. The maximum absolute atomic E-state index is 13.8. The Balaban J connectivity index is 1.36. The molecule has 0 aliphatic carbocycles. The Kier molecular flexibility index (Phi) is 6.52. The number of aromatic nitrogens is 1. The SMILES string of the molecule is O=C(c1ccc(Cc2ccccc2)cc1)N(/N=C/c1coc2ccccc2c1=O)c1nc2ccc(F)cc2s1. The Morgan fingerprint density at radius 3 is 2.51 bits per heavy atom. The Hall–Kier alpha value is -4.95. The zero-order valence-corrected chi connectivity index (χ0v) is 21.3. The van der Waals surface area contributed by atoms with Gasteiger partial charge in [0.15, 0.2) is 0 Å². The summed E-state index contributed by atoms with van der Waals surface area (Å²) in [5.41, 5.74) is 3.50. The fraction of sp³-hybridized carbons (Fsp3) is 0.0323. The van der Waals surface area contributed by atoms with Crippen LogP contribution in [0.25, 0.3) is 21.2 Å². The molecule has 39 heavy (non-hydrogen) atoms. The number of fused-ring (bicyclic) bond motifs is 2. The molecule has 0 aliphatic rings. The second kappa shape index (κ2) is 10.4. The van der Waals surface area contributed by atoms with Crippen LogP contribution in [0.5, 0.6) is 0 Å². The Labute approximate surface area is 226 Å². The first kappa shape index (κ1) is 24.4. The van der Waals surface area contributed by atoms with Gasteiger partial charge in [-0.1, -0.05) is 65.9 Å². The van der Waals surface area contributed by atoms with Gasteiger partial charge in [-0.15, -0.1) is 0 Å². The number of anilines is 1. The second-order valence-electron chi connectivity index (χ2n) is 8.85. The van der Waals surface area contributed by atoms with E-state index in [1.54, 1.807) is 42.5 Å². The molecule has 0 bridgehead atoms. The number of hydrazone groups is 1. The van der Waals surface area contributed by atoms with E-state index >= 15 is 0 Å². The van der Waals surface area contributed by atoms with Crippen molar-refractivity contribution in [3.05, 3.63) is 142 Å². The molecular formula is C31H20FN3O3S. The number of rotatable bonds is 6. The van der Waals surface area contributed by atoms with Crippen molar-refractivity contribution in [3.63, 3.8) is 0 Å². The number of carbonyl (C=O) groups is 1. The van der Waals surface area contributed by atoms with Crippen molar-refractivity contribution in [2.24, 2.45) is 5.10 Å². The van der Waals surface area contributed by atoms with Gasteiger partial charge < -0.3 is 4.42 Å². The number of benzene rings is 4. The maximum Gasteiger partial charge on any atom is 0.280 e. The van der Waals surface area contributed by atoms with Gasteiger partial charge in [-0.25, -0.2) is 9.37 Å². The quantitative estimate of drug-likeness (QED) is 0.174. The van der Waals surface area contributed by atoms with Crippen molar-refractivity contribution in [3.8, 4) is 0 Å². The normalized spacial score (nSPS) is 11.4. The van der Waals surface area contributed by atoms with Crippen molar-refractivity contribution in [2.75, 3.05) is 5.01 Å². The molecule has 0 atom stereocenters. The van der Waals surface area contributed by atoms with Gasteiger partial charge in [-0.05, 0) is 60.0 Å². The zero-order valence-electron chi connectivity index (χ0n) is 20.5. The second-order valence-corrected chi connectivity index (χ2v) is 9.85. The monoisotopic (exact) mass is 533 g/mol. The fourth-order valence-electron chi connectivity index (χ4n) is 4.19. The summed E-state index contributed by atoms with van der Waals surface area (Å²) < 4.78 is 20.0. The van der Waals surface area contributed by atoms with Gasteiger partial charge in [-0.2, -0.15) is 10.1 Å². The molecule has 4 aromatic carbocycles. The van der Waals surface area contributed by atoms with Crippen LogP contribution in [0.3, 0.4) is 0 Å². The number of halogens is 1. The fourth-order valence-corrected chi connectivity index (χ4v) is 5.13. The van der Waals surface area contributed by atoms with E-state index in [9.17, 15) is 14.0 Å². The van der Waals surface area contributed by atoms with E-state index in [0.29, 0.717) is 26.7 Å². The number of thiazole rings is 1. The molecule has 8 heteroatoms. The van der Waals surface area contributed by atoms with E-state index in [1.807, 2.05) is 30.3 Å². The van der Waals surface area contributed by atoms with Gasteiger partial charge in [-0.3, -0.25) is 9.59 Å². The summed E-state index contributed by atoms with van der Waals surface area (Å²) in [4.78, 5) is 31.2. The summed E-state index contributed by atoms with van der Waals surface area (Å²) in [5, 5.41) is 6.15. The largest absolute Gasteiger partial charge is 0.463 e. The molecule has 0 unspecified atom stereocenters. The Morgan fingerprint density at radius 1 is 0.949 bits per heavy atom. The molecule has 0 N–H and O–H groups in total. The Morgan fingerprint density at radius 2 is 1.69 bits per heavy atom. The number of para-hydroxylation sites is 1. The summed E-state index contributed by atoms with van der Waals surface area (Å²) >= 11 is 1.13. The van der Waals surface area contributed by atoms with E-state index < -0.39 is 11.7 Å². The zero-order chi connectivity index (χ0) is 26.8. The maximum atomic E-state index is 13.8. The first-order chi connectivity index (χ1) is 19.0. The Bertz CT molecular complexity index is 1900. The molecule has 0 aliphatic heterocycles. The lowest BCUT2D eigenvalue weighted by Gasteiger charge is -2.14. The predicted octanol–water partition coefficient (Wildman–Crippen LogP) is 6.81. The van der Waals surface area contributed by atoms with Crippen LogP contribution in [0.1, 0.15) is 27.0 Å². The molecule has 0 radical (unpaired) electrons. The van der Waals surface area contributed by atoms with E-state index in [-0.39, 0.29) is 16.1 Å². The van der Waals surface area contributed by atoms with Crippen LogP contribution in [0.2, 0.25) is 0 Å². The number of hydrogen-bond acceptors (Lipinski definition) is 6. The molecule has 190 valence electrons.